The molecule has 5 nitrogen and oxygen atoms in total. The van der Waals surface area contributed by atoms with Crippen molar-refractivity contribution in [3.05, 3.63) is 17.7 Å². The highest BCUT2D eigenvalue weighted by molar-refractivity contribution is 5.54. The Bertz CT molecular complexity index is 411. The van der Waals surface area contributed by atoms with Gasteiger partial charge in [0, 0.05) is 6.04 Å². The van der Waals surface area contributed by atoms with Crippen molar-refractivity contribution in [2.24, 2.45) is 0 Å². The number of hydrogen-bond acceptors (Lipinski definition) is 5. The van der Waals surface area contributed by atoms with Crippen LogP contribution in [0, 0.1) is 0 Å². The van der Waals surface area contributed by atoms with Gasteiger partial charge in [-0.2, -0.15) is 0 Å². The molecule has 0 bridgehead atoms. The predicted octanol–water partition coefficient (Wildman–Crippen LogP) is 2.31. The van der Waals surface area contributed by atoms with Crippen molar-refractivity contribution in [2.75, 3.05) is 48.5 Å². The fourth-order valence-corrected chi connectivity index (χ4v) is 2.18. The lowest BCUT2D eigenvalue weighted by molar-refractivity contribution is 0.323. The monoisotopic (exact) mass is 296 g/mol. The zero-order valence-electron chi connectivity index (χ0n) is 14.0. The molecule has 0 saturated carbocycles. The molecule has 1 aromatic rings. The lowest BCUT2D eigenvalue weighted by Crippen LogP contribution is -2.23. The third-order valence-electron chi connectivity index (χ3n) is 3.42. The quantitative estimate of drug-likeness (QED) is 0.708. The molecule has 0 aromatic heterocycles. The first kappa shape index (κ1) is 17.6. The van der Waals surface area contributed by atoms with Crippen LogP contribution in [0.3, 0.4) is 0 Å². The van der Waals surface area contributed by atoms with Crippen LogP contribution in [0.1, 0.15) is 24.9 Å². The molecule has 1 N–H and O–H groups in total. The lowest BCUT2D eigenvalue weighted by atomic mass is 10.1. The van der Waals surface area contributed by atoms with Crippen LogP contribution in [0.25, 0.3) is 0 Å². The van der Waals surface area contributed by atoms with Gasteiger partial charge in [0.2, 0.25) is 5.75 Å². The molecule has 1 unspecified atom stereocenters. The zero-order chi connectivity index (χ0) is 15.8. The molecular weight excluding hydrogens is 268 g/mol. The van der Waals surface area contributed by atoms with E-state index in [-0.39, 0.29) is 6.04 Å². The lowest BCUT2D eigenvalue weighted by Gasteiger charge is -2.19. The third kappa shape index (κ3) is 5.10. The van der Waals surface area contributed by atoms with Gasteiger partial charge in [0.25, 0.3) is 0 Å². The minimum Gasteiger partial charge on any atom is -0.493 e. The predicted molar refractivity (Wildman–Crippen MR) is 85.7 cm³/mol. The minimum atomic E-state index is 0.223. The van der Waals surface area contributed by atoms with Crippen LogP contribution in [0.15, 0.2) is 12.1 Å². The topological polar surface area (TPSA) is 43.0 Å². The van der Waals surface area contributed by atoms with E-state index in [0.29, 0.717) is 17.2 Å². The molecule has 120 valence electrons. The van der Waals surface area contributed by atoms with E-state index in [0.717, 1.165) is 25.1 Å². The van der Waals surface area contributed by atoms with Gasteiger partial charge in [0.1, 0.15) is 0 Å². The van der Waals surface area contributed by atoms with E-state index in [1.165, 1.54) is 0 Å². The normalized spacial score (nSPS) is 12.3. The van der Waals surface area contributed by atoms with E-state index in [9.17, 15) is 0 Å². The first-order valence-corrected chi connectivity index (χ1v) is 7.21. The Balaban J connectivity index is 2.77. The SMILES string of the molecule is COc1cc(C(C)NCCCN(C)C)cc(OC)c1OC. The van der Waals surface area contributed by atoms with Crippen molar-refractivity contribution < 1.29 is 14.2 Å². The maximum absolute atomic E-state index is 5.39. The Labute approximate surface area is 128 Å². The highest BCUT2D eigenvalue weighted by Gasteiger charge is 2.15. The first-order chi connectivity index (χ1) is 10.0. The second-order valence-electron chi connectivity index (χ2n) is 5.29. The molecule has 0 heterocycles. The molecule has 0 aliphatic rings. The van der Waals surface area contributed by atoms with Gasteiger partial charge in [-0.15, -0.1) is 0 Å². The summed E-state index contributed by atoms with van der Waals surface area (Å²) in [5.74, 6) is 2.01. The number of rotatable bonds is 9. The summed E-state index contributed by atoms with van der Waals surface area (Å²) >= 11 is 0. The van der Waals surface area contributed by atoms with Crippen molar-refractivity contribution in [3.63, 3.8) is 0 Å². The second kappa shape index (κ2) is 8.74. The van der Waals surface area contributed by atoms with Gasteiger partial charge in [-0.1, -0.05) is 0 Å². The number of ether oxygens (including phenoxy) is 3. The van der Waals surface area contributed by atoms with Crippen molar-refractivity contribution in [1.82, 2.24) is 10.2 Å². The van der Waals surface area contributed by atoms with E-state index in [2.05, 4.69) is 31.2 Å². The summed E-state index contributed by atoms with van der Waals surface area (Å²) in [7, 11) is 9.06. The van der Waals surface area contributed by atoms with Crippen LogP contribution in [-0.4, -0.2) is 53.4 Å². The van der Waals surface area contributed by atoms with Crippen LogP contribution < -0.4 is 19.5 Å². The highest BCUT2D eigenvalue weighted by atomic mass is 16.5. The number of nitrogens with one attached hydrogen (secondary N) is 1. The smallest absolute Gasteiger partial charge is 0.203 e. The molecule has 5 heteroatoms. The first-order valence-electron chi connectivity index (χ1n) is 7.21. The molecule has 0 amide bonds. The summed E-state index contributed by atoms with van der Waals surface area (Å²) in [6, 6.07) is 4.21. The molecule has 0 saturated heterocycles. The Morgan fingerprint density at radius 2 is 1.62 bits per heavy atom. The average molecular weight is 296 g/mol. The molecule has 1 atom stereocenters. The summed E-state index contributed by atoms with van der Waals surface area (Å²) in [4.78, 5) is 2.19. The highest BCUT2D eigenvalue weighted by Crippen LogP contribution is 2.39. The van der Waals surface area contributed by atoms with E-state index in [4.69, 9.17) is 14.2 Å². The van der Waals surface area contributed by atoms with Gasteiger partial charge in [-0.3, -0.25) is 0 Å². The van der Waals surface area contributed by atoms with Gasteiger partial charge < -0.3 is 24.4 Å². The molecule has 1 aromatic carbocycles. The van der Waals surface area contributed by atoms with Crippen LogP contribution in [0.2, 0.25) is 0 Å². The van der Waals surface area contributed by atoms with Crippen molar-refractivity contribution in [3.8, 4) is 17.2 Å². The van der Waals surface area contributed by atoms with E-state index in [1.54, 1.807) is 21.3 Å². The van der Waals surface area contributed by atoms with E-state index >= 15 is 0 Å². The number of methoxy groups -OCH3 is 3. The van der Waals surface area contributed by atoms with E-state index in [1.807, 2.05) is 12.1 Å². The molecular formula is C16H28N2O3. The summed E-state index contributed by atoms with van der Waals surface area (Å²) in [5.41, 5.74) is 1.12. The maximum Gasteiger partial charge on any atom is 0.203 e. The Morgan fingerprint density at radius 1 is 1.05 bits per heavy atom. The van der Waals surface area contributed by atoms with E-state index < -0.39 is 0 Å². The van der Waals surface area contributed by atoms with Crippen LogP contribution >= 0.6 is 0 Å². The summed E-state index contributed by atoms with van der Waals surface area (Å²) in [5, 5.41) is 3.52. The fraction of sp³-hybridized carbons (Fsp3) is 0.625. The number of hydrogen-bond donors (Lipinski definition) is 1. The Hall–Kier alpha value is -1.46. The fourth-order valence-electron chi connectivity index (χ4n) is 2.18. The maximum atomic E-state index is 5.39. The second-order valence-corrected chi connectivity index (χ2v) is 5.29. The molecule has 21 heavy (non-hydrogen) atoms. The standard InChI is InChI=1S/C16H28N2O3/c1-12(17-8-7-9-18(2)3)13-10-14(19-4)16(21-6)15(11-13)20-5/h10-12,17H,7-9H2,1-6H3. The van der Waals surface area contributed by atoms with Crippen LogP contribution in [0.4, 0.5) is 0 Å². The van der Waals surface area contributed by atoms with Gasteiger partial charge in [0.05, 0.1) is 21.3 Å². The molecule has 0 spiro atoms. The van der Waals surface area contributed by atoms with Gasteiger partial charge in [-0.05, 0) is 58.2 Å². The molecule has 0 fully saturated rings. The minimum absolute atomic E-state index is 0.223. The Kier molecular flexibility index (Phi) is 7.32. The summed E-state index contributed by atoms with van der Waals surface area (Å²) < 4.78 is 16.1. The Morgan fingerprint density at radius 3 is 2.05 bits per heavy atom. The van der Waals surface area contributed by atoms with Crippen LogP contribution in [-0.2, 0) is 0 Å². The zero-order valence-corrected chi connectivity index (χ0v) is 14.0. The largest absolute Gasteiger partial charge is 0.493 e. The number of benzene rings is 1. The van der Waals surface area contributed by atoms with Gasteiger partial charge in [-0.25, -0.2) is 0 Å². The summed E-state index contributed by atoms with van der Waals surface area (Å²) in [6.07, 6.45) is 1.11. The van der Waals surface area contributed by atoms with Crippen molar-refractivity contribution in [2.45, 2.75) is 19.4 Å². The van der Waals surface area contributed by atoms with Crippen LogP contribution in [0.5, 0.6) is 17.2 Å². The molecule has 1 rings (SSSR count). The molecule has 0 aliphatic heterocycles. The molecule has 0 radical (unpaired) electrons. The van der Waals surface area contributed by atoms with Crippen molar-refractivity contribution in [1.29, 1.82) is 0 Å². The summed E-state index contributed by atoms with van der Waals surface area (Å²) in [6.45, 7) is 4.18. The average Bonchev–Trinajstić information content (AvgIpc) is 2.49. The molecule has 0 aliphatic carbocycles. The number of nitrogens with zero attached hydrogens (tertiary/aromatic N) is 1. The van der Waals surface area contributed by atoms with Gasteiger partial charge >= 0.3 is 0 Å². The third-order valence-corrected chi connectivity index (χ3v) is 3.42. The van der Waals surface area contributed by atoms with Gasteiger partial charge in [0.15, 0.2) is 11.5 Å². The van der Waals surface area contributed by atoms with Crippen molar-refractivity contribution >= 4 is 0 Å².